The monoisotopic (exact) mass is 583 g/mol. The minimum atomic E-state index is -4.87. The summed E-state index contributed by atoms with van der Waals surface area (Å²) >= 11 is 1.09. The van der Waals surface area contributed by atoms with Crippen LogP contribution in [0.1, 0.15) is 26.3 Å². The molecule has 14 heteroatoms. The van der Waals surface area contributed by atoms with E-state index >= 15 is 0 Å². The van der Waals surface area contributed by atoms with E-state index < -0.39 is 37.9 Å². The van der Waals surface area contributed by atoms with Crippen LogP contribution in [-0.4, -0.2) is 81.8 Å². The molecule has 2 unspecified atom stereocenters. The Labute approximate surface area is 220 Å². The summed E-state index contributed by atoms with van der Waals surface area (Å²) in [5.41, 5.74) is -2.88. The normalized spacial score (nSPS) is 19.9. The lowest BCUT2D eigenvalue weighted by Crippen LogP contribution is -2.59. The lowest BCUT2D eigenvalue weighted by molar-refractivity contribution is -0.258. The molecule has 0 amide bonds. The smallest absolute Gasteiger partial charge is 0.376 e. The van der Waals surface area contributed by atoms with Crippen LogP contribution in [0.5, 0.6) is 0 Å². The van der Waals surface area contributed by atoms with Gasteiger partial charge in [0.15, 0.2) is 5.60 Å². The Kier molecular flexibility index (Phi) is 8.72. The van der Waals surface area contributed by atoms with Gasteiger partial charge in [0.2, 0.25) is 10.0 Å². The van der Waals surface area contributed by atoms with Crippen molar-refractivity contribution in [1.82, 2.24) is 8.61 Å². The molecule has 0 spiro atoms. The molecule has 2 atom stereocenters. The van der Waals surface area contributed by atoms with Gasteiger partial charge in [-0.3, -0.25) is 0 Å². The van der Waals surface area contributed by atoms with Crippen molar-refractivity contribution in [1.29, 1.82) is 0 Å². The van der Waals surface area contributed by atoms with Gasteiger partial charge < -0.3 is 10.0 Å². The van der Waals surface area contributed by atoms with Crippen molar-refractivity contribution < 1.29 is 35.1 Å². The minimum absolute atomic E-state index is 0.00447. The molecular formula is C23H32F3N3O5S3. The Morgan fingerprint density at radius 3 is 2.22 bits per heavy atom. The van der Waals surface area contributed by atoms with Gasteiger partial charge in [-0.2, -0.15) is 21.8 Å². The molecular weight excluding hydrogens is 551 g/mol. The average molecular weight is 584 g/mol. The first-order valence-electron chi connectivity index (χ1n) is 11.6. The molecule has 0 bridgehead atoms. The predicted octanol–water partition coefficient (Wildman–Crippen LogP) is 3.32. The molecule has 1 aliphatic rings. The highest BCUT2D eigenvalue weighted by atomic mass is 32.2. The van der Waals surface area contributed by atoms with Crippen LogP contribution in [-0.2, 0) is 25.6 Å². The molecule has 1 fully saturated rings. The topological polar surface area (TPSA) is 98.2 Å². The second-order valence-corrected chi connectivity index (χ2v) is 14.8. The van der Waals surface area contributed by atoms with Crippen molar-refractivity contribution in [3.63, 3.8) is 0 Å². The van der Waals surface area contributed by atoms with Crippen LogP contribution in [0.2, 0.25) is 0 Å². The summed E-state index contributed by atoms with van der Waals surface area (Å²) < 4.78 is 94.1. The van der Waals surface area contributed by atoms with E-state index in [4.69, 9.17) is 0 Å². The highest BCUT2D eigenvalue weighted by Gasteiger charge is 2.51. The van der Waals surface area contributed by atoms with Gasteiger partial charge in [0, 0.05) is 38.4 Å². The number of alkyl halides is 3. The summed E-state index contributed by atoms with van der Waals surface area (Å²) in [6.07, 6.45) is -3.78. The van der Waals surface area contributed by atoms with Crippen LogP contribution in [0.3, 0.4) is 0 Å². The van der Waals surface area contributed by atoms with E-state index in [1.807, 2.05) is 18.7 Å². The van der Waals surface area contributed by atoms with Gasteiger partial charge in [0.25, 0.3) is 10.0 Å². The lowest BCUT2D eigenvalue weighted by Gasteiger charge is -2.43. The van der Waals surface area contributed by atoms with Crippen LogP contribution < -0.4 is 4.90 Å². The van der Waals surface area contributed by atoms with Crippen LogP contribution in [0.25, 0.3) is 0 Å². The second-order valence-electron chi connectivity index (χ2n) is 9.73. The molecule has 0 radical (unpaired) electrons. The highest BCUT2D eigenvalue weighted by molar-refractivity contribution is 7.91. The van der Waals surface area contributed by atoms with E-state index in [0.717, 1.165) is 17.6 Å². The molecule has 208 valence electrons. The van der Waals surface area contributed by atoms with Crippen molar-refractivity contribution >= 4 is 37.1 Å². The van der Waals surface area contributed by atoms with E-state index in [1.54, 1.807) is 11.4 Å². The largest absolute Gasteiger partial charge is 0.421 e. The molecule has 3 rings (SSSR count). The molecule has 1 aromatic heterocycles. The third-order valence-electron chi connectivity index (χ3n) is 6.30. The zero-order valence-electron chi connectivity index (χ0n) is 21.0. The van der Waals surface area contributed by atoms with Crippen molar-refractivity contribution in [2.24, 2.45) is 5.92 Å². The van der Waals surface area contributed by atoms with Crippen molar-refractivity contribution in [3.05, 3.63) is 47.3 Å². The first kappa shape index (κ1) is 29.8. The van der Waals surface area contributed by atoms with Crippen LogP contribution in [0.4, 0.5) is 18.9 Å². The Hall–Kier alpha value is -1.71. The van der Waals surface area contributed by atoms with Gasteiger partial charge >= 0.3 is 6.18 Å². The third-order valence-corrected chi connectivity index (χ3v) is 10.8. The standard InChI is InChI=1S/C23H32F3N3O5S3/c1-17(2)14-28(36(4,31)32)16-20-15-27(37(33,34)21-6-5-13-35-21)11-12-29(20)19-9-7-18(8-10-19)22(3,30)23(24,25)26/h5-10,13,17,20,30H,11-12,14-16H2,1-4H3. The number of anilines is 1. The first-order valence-corrected chi connectivity index (χ1v) is 15.8. The Morgan fingerprint density at radius 2 is 1.73 bits per heavy atom. The maximum Gasteiger partial charge on any atom is 0.421 e. The molecule has 8 nitrogen and oxygen atoms in total. The van der Waals surface area contributed by atoms with Crippen molar-refractivity contribution in [2.45, 2.75) is 42.8 Å². The summed E-state index contributed by atoms with van der Waals surface area (Å²) in [7, 11) is -7.42. The van der Waals surface area contributed by atoms with Crippen LogP contribution >= 0.6 is 11.3 Å². The van der Waals surface area contributed by atoms with Gasteiger partial charge in [0.1, 0.15) is 4.21 Å². The molecule has 0 saturated carbocycles. The molecule has 1 saturated heterocycles. The number of sulfonamides is 2. The summed E-state index contributed by atoms with van der Waals surface area (Å²) in [4.78, 5) is 1.81. The summed E-state index contributed by atoms with van der Waals surface area (Å²) in [5.74, 6) is 0.0154. The zero-order valence-corrected chi connectivity index (χ0v) is 23.5. The fraction of sp³-hybridized carbons (Fsp3) is 0.565. The zero-order chi connectivity index (χ0) is 27.8. The number of thiophene rings is 1. The quantitative estimate of drug-likeness (QED) is 0.487. The first-order chi connectivity index (χ1) is 16.9. The van der Waals surface area contributed by atoms with Crippen LogP contribution in [0.15, 0.2) is 46.0 Å². The van der Waals surface area contributed by atoms with Gasteiger partial charge in [-0.25, -0.2) is 16.8 Å². The maximum atomic E-state index is 13.3. The Balaban J connectivity index is 1.96. The molecule has 2 aromatic rings. The molecule has 1 N–H and O–H groups in total. The number of benzene rings is 1. The molecule has 0 aliphatic carbocycles. The Morgan fingerprint density at radius 1 is 1.11 bits per heavy atom. The third kappa shape index (κ3) is 6.66. The van der Waals surface area contributed by atoms with E-state index in [2.05, 4.69) is 0 Å². The SMILES string of the molecule is CC(C)CN(CC1CN(S(=O)(=O)c2cccs2)CCN1c1ccc(C(C)(O)C(F)(F)F)cc1)S(C)(=O)=O. The Bertz CT molecular complexity index is 1260. The summed E-state index contributed by atoms with van der Waals surface area (Å²) in [6, 6.07) is 7.75. The second kappa shape index (κ2) is 10.8. The number of nitrogens with zero attached hydrogens (tertiary/aromatic N) is 3. The predicted molar refractivity (Wildman–Crippen MR) is 138 cm³/mol. The number of aliphatic hydroxyl groups is 1. The highest BCUT2D eigenvalue weighted by Crippen LogP contribution is 2.39. The van der Waals surface area contributed by atoms with Crippen molar-refractivity contribution in [2.75, 3.05) is 43.9 Å². The van der Waals surface area contributed by atoms with E-state index in [1.165, 1.54) is 38.9 Å². The summed E-state index contributed by atoms with van der Waals surface area (Å²) in [6.45, 7) is 4.95. The van der Waals surface area contributed by atoms with Crippen LogP contribution in [0, 0.1) is 5.92 Å². The van der Waals surface area contributed by atoms with Gasteiger partial charge in [-0.1, -0.05) is 32.0 Å². The van der Waals surface area contributed by atoms with Gasteiger partial charge in [-0.05, 0) is 42.0 Å². The molecule has 2 heterocycles. The number of hydrogen-bond donors (Lipinski definition) is 1. The molecule has 37 heavy (non-hydrogen) atoms. The van der Waals surface area contributed by atoms with Gasteiger partial charge in [0.05, 0.1) is 12.3 Å². The lowest BCUT2D eigenvalue weighted by atomic mass is 9.95. The van der Waals surface area contributed by atoms with E-state index in [9.17, 15) is 35.1 Å². The fourth-order valence-electron chi connectivity index (χ4n) is 4.21. The fourth-order valence-corrected chi connectivity index (χ4v) is 7.83. The maximum absolute atomic E-state index is 13.3. The minimum Gasteiger partial charge on any atom is -0.376 e. The van der Waals surface area contributed by atoms with Crippen molar-refractivity contribution in [3.8, 4) is 0 Å². The number of hydrogen-bond acceptors (Lipinski definition) is 7. The summed E-state index contributed by atoms with van der Waals surface area (Å²) in [5, 5.41) is 11.7. The average Bonchev–Trinajstić information content (AvgIpc) is 3.33. The van der Waals surface area contributed by atoms with E-state index in [0.29, 0.717) is 12.6 Å². The molecule has 1 aromatic carbocycles. The molecule has 1 aliphatic heterocycles. The number of rotatable bonds is 9. The number of piperazine rings is 1. The number of halogens is 3. The van der Waals surface area contributed by atoms with E-state index in [-0.39, 0.29) is 48.4 Å². The van der Waals surface area contributed by atoms with Gasteiger partial charge in [-0.15, -0.1) is 11.3 Å².